The number of ether oxygens (including phenoxy) is 1. The van der Waals surface area contributed by atoms with Gasteiger partial charge in [0.25, 0.3) is 5.91 Å². The molecule has 9 heteroatoms. The lowest BCUT2D eigenvalue weighted by molar-refractivity contribution is -0.137. The number of amides is 1. The molecule has 1 aliphatic heterocycles. The summed E-state index contributed by atoms with van der Waals surface area (Å²) in [7, 11) is 1.42. The third kappa shape index (κ3) is 5.03. The van der Waals surface area contributed by atoms with Gasteiger partial charge in [0.2, 0.25) is 0 Å². The van der Waals surface area contributed by atoms with Crippen molar-refractivity contribution in [2.45, 2.75) is 6.18 Å². The van der Waals surface area contributed by atoms with Crippen LogP contribution in [-0.2, 0) is 6.18 Å². The van der Waals surface area contributed by atoms with Crippen molar-refractivity contribution in [3.8, 4) is 5.75 Å². The highest BCUT2D eigenvalue weighted by Gasteiger charge is 2.32. The number of benzene rings is 2. The second-order valence-electron chi connectivity index (χ2n) is 6.94. The number of aliphatic hydroxyl groups excluding tert-OH is 1. The zero-order valence-electron chi connectivity index (χ0n) is 16.6. The Labute approximate surface area is 172 Å². The quantitative estimate of drug-likeness (QED) is 0.748. The van der Waals surface area contributed by atoms with Crippen LogP contribution in [0.4, 0.5) is 24.5 Å². The normalized spacial score (nSPS) is 15.2. The molecule has 0 spiro atoms. The molecule has 2 N–H and O–H groups in total. The second kappa shape index (κ2) is 9.36. The molecule has 2 aromatic rings. The summed E-state index contributed by atoms with van der Waals surface area (Å²) in [4.78, 5) is 16.8. The van der Waals surface area contributed by atoms with Gasteiger partial charge in [0.1, 0.15) is 5.75 Å². The van der Waals surface area contributed by atoms with E-state index in [1.807, 2.05) is 4.90 Å². The zero-order chi connectivity index (χ0) is 21.7. The number of nitrogens with one attached hydrogen (secondary N) is 1. The standard InChI is InChI=1S/C21H24F3N3O3/c1-30-19-5-3-2-4-16(19)20(29)25-17-14-15(21(22,23)24)6-7-18(17)27-10-8-26(9-11-27)12-13-28/h2-7,14,28H,8-13H2,1H3,(H,25,29). The fourth-order valence-corrected chi connectivity index (χ4v) is 3.46. The van der Waals surface area contributed by atoms with Crippen LogP contribution in [-0.4, -0.2) is 62.4 Å². The number of aliphatic hydroxyl groups is 1. The maximum absolute atomic E-state index is 13.3. The van der Waals surface area contributed by atoms with Crippen molar-refractivity contribution in [2.24, 2.45) is 0 Å². The van der Waals surface area contributed by atoms with Gasteiger partial charge in [-0.15, -0.1) is 0 Å². The molecule has 0 radical (unpaired) electrons. The monoisotopic (exact) mass is 423 g/mol. The molecule has 0 unspecified atom stereocenters. The number of alkyl halides is 3. The SMILES string of the molecule is COc1ccccc1C(=O)Nc1cc(C(F)(F)F)ccc1N1CCN(CCO)CC1. The van der Waals surface area contributed by atoms with Gasteiger partial charge in [-0.2, -0.15) is 13.2 Å². The van der Waals surface area contributed by atoms with Crippen LogP contribution in [0.3, 0.4) is 0 Å². The number of β-amino-alcohol motifs (C(OH)–C–C–N with tert-alkyl or cyclic N) is 1. The molecule has 0 atom stereocenters. The largest absolute Gasteiger partial charge is 0.496 e. The molecule has 162 valence electrons. The Kier molecular flexibility index (Phi) is 6.84. The Morgan fingerprint density at radius 2 is 1.83 bits per heavy atom. The summed E-state index contributed by atoms with van der Waals surface area (Å²) in [5, 5.41) is 11.7. The van der Waals surface area contributed by atoms with E-state index < -0.39 is 17.6 Å². The number of para-hydroxylation sites is 1. The fraction of sp³-hybridized carbons (Fsp3) is 0.381. The maximum Gasteiger partial charge on any atom is 0.416 e. The molecule has 2 aromatic carbocycles. The van der Waals surface area contributed by atoms with Crippen molar-refractivity contribution in [1.29, 1.82) is 0 Å². The summed E-state index contributed by atoms with van der Waals surface area (Å²) < 4.78 is 45.0. The van der Waals surface area contributed by atoms with Crippen LogP contribution in [0.25, 0.3) is 0 Å². The van der Waals surface area contributed by atoms with Crippen molar-refractivity contribution in [3.05, 3.63) is 53.6 Å². The average molecular weight is 423 g/mol. The number of hydrogen-bond acceptors (Lipinski definition) is 5. The third-order valence-corrected chi connectivity index (χ3v) is 5.05. The minimum atomic E-state index is -4.53. The van der Waals surface area contributed by atoms with Crippen LogP contribution in [0.5, 0.6) is 5.75 Å². The number of nitrogens with zero attached hydrogens (tertiary/aromatic N) is 2. The molecule has 1 heterocycles. The first-order valence-corrected chi connectivity index (χ1v) is 9.57. The van der Waals surface area contributed by atoms with Crippen molar-refractivity contribution >= 4 is 17.3 Å². The van der Waals surface area contributed by atoms with Gasteiger partial charge in [0.15, 0.2) is 0 Å². The fourth-order valence-electron chi connectivity index (χ4n) is 3.46. The average Bonchev–Trinajstić information content (AvgIpc) is 2.74. The molecule has 30 heavy (non-hydrogen) atoms. The van der Waals surface area contributed by atoms with E-state index in [0.29, 0.717) is 44.2 Å². The lowest BCUT2D eigenvalue weighted by Crippen LogP contribution is -2.47. The molecule has 0 saturated carbocycles. The number of carbonyl (C=O) groups excluding carboxylic acids is 1. The van der Waals surface area contributed by atoms with E-state index in [0.717, 1.165) is 12.1 Å². The number of hydrogen-bond donors (Lipinski definition) is 2. The molecule has 0 aliphatic carbocycles. The molecular formula is C21H24F3N3O3. The molecule has 1 saturated heterocycles. The maximum atomic E-state index is 13.3. The Morgan fingerprint density at radius 3 is 2.47 bits per heavy atom. The van der Waals surface area contributed by atoms with Gasteiger partial charge in [0.05, 0.1) is 36.2 Å². The molecule has 6 nitrogen and oxygen atoms in total. The van der Waals surface area contributed by atoms with Gasteiger partial charge in [-0.25, -0.2) is 0 Å². The van der Waals surface area contributed by atoms with Crippen LogP contribution >= 0.6 is 0 Å². The molecule has 1 aliphatic rings. The summed E-state index contributed by atoms with van der Waals surface area (Å²) in [6, 6.07) is 9.90. The highest BCUT2D eigenvalue weighted by Crippen LogP contribution is 2.36. The Morgan fingerprint density at radius 1 is 1.13 bits per heavy atom. The predicted octanol–water partition coefficient (Wildman–Crippen LogP) is 3.08. The summed E-state index contributed by atoms with van der Waals surface area (Å²) >= 11 is 0. The van der Waals surface area contributed by atoms with Gasteiger partial charge in [-0.3, -0.25) is 9.69 Å². The van der Waals surface area contributed by atoms with Gasteiger partial charge in [-0.05, 0) is 30.3 Å². The Balaban J connectivity index is 1.90. The van der Waals surface area contributed by atoms with Gasteiger partial charge in [0, 0.05) is 32.7 Å². The zero-order valence-corrected chi connectivity index (χ0v) is 16.6. The van der Waals surface area contributed by atoms with Crippen LogP contribution < -0.4 is 15.0 Å². The molecular weight excluding hydrogens is 399 g/mol. The summed E-state index contributed by atoms with van der Waals surface area (Å²) in [5.74, 6) is -0.215. The van der Waals surface area contributed by atoms with Crippen molar-refractivity contribution in [1.82, 2.24) is 4.90 Å². The number of halogens is 3. The van der Waals surface area contributed by atoms with Crippen LogP contribution in [0.2, 0.25) is 0 Å². The van der Waals surface area contributed by atoms with Crippen molar-refractivity contribution < 1.29 is 27.8 Å². The topological polar surface area (TPSA) is 65.0 Å². The summed E-state index contributed by atoms with van der Waals surface area (Å²) in [5.41, 5.74) is 0.0165. The minimum absolute atomic E-state index is 0.0560. The summed E-state index contributed by atoms with van der Waals surface area (Å²) in [6.45, 7) is 3.09. The number of anilines is 2. The Hall–Kier alpha value is -2.78. The number of methoxy groups -OCH3 is 1. The number of rotatable bonds is 6. The molecule has 0 aromatic heterocycles. The summed E-state index contributed by atoms with van der Waals surface area (Å²) in [6.07, 6.45) is -4.53. The highest BCUT2D eigenvalue weighted by atomic mass is 19.4. The predicted molar refractivity (Wildman–Crippen MR) is 108 cm³/mol. The number of carbonyl (C=O) groups is 1. The lowest BCUT2D eigenvalue weighted by atomic mass is 10.1. The van der Waals surface area contributed by atoms with E-state index >= 15 is 0 Å². The molecule has 1 fully saturated rings. The molecule has 1 amide bonds. The van der Waals surface area contributed by atoms with E-state index in [-0.39, 0.29) is 17.9 Å². The highest BCUT2D eigenvalue weighted by molar-refractivity contribution is 6.07. The lowest BCUT2D eigenvalue weighted by Gasteiger charge is -2.36. The van der Waals surface area contributed by atoms with Crippen LogP contribution in [0, 0.1) is 0 Å². The second-order valence-corrected chi connectivity index (χ2v) is 6.94. The van der Waals surface area contributed by atoms with Gasteiger partial charge in [-0.1, -0.05) is 12.1 Å². The van der Waals surface area contributed by atoms with E-state index in [1.54, 1.807) is 24.3 Å². The molecule has 0 bridgehead atoms. The van der Waals surface area contributed by atoms with Gasteiger partial charge < -0.3 is 20.1 Å². The Bertz CT molecular complexity index is 881. The third-order valence-electron chi connectivity index (χ3n) is 5.05. The van der Waals surface area contributed by atoms with Crippen molar-refractivity contribution in [3.63, 3.8) is 0 Å². The van der Waals surface area contributed by atoms with E-state index in [2.05, 4.69) is 10.2 Å². The van der Waals surface area contributed by atoms with Crippen LogP contribution in [0.15, 0.2) is 42.5 Å². The minimum Gasteiger partial charge on any atom is -0.496 e. The van der Waals surface area contributed by atoms with E-state index in [1.165, 1.54) is 13.2 Å². The van der Waals surface area contributed by atoms with Gasteiger partial charge >= 0.3 is 6.18 Å². The van der Waals surface area contributed by atoms with E-state index in [9.17, 15) is 18.0 Å². The first-order valence-electron chi connectivity index (χ1n) is 9.57. The van der Waals surface area contributed by atoms with Crippen molar-refractivity contribution in [2.75, 3.05) is 56.7 Å². The number of piperazine rings is 1. The first kappa shape index (κ1) is 21.9. The smallest absolute Gasteiger partial charge is 0.416 e. The van der Waals surface area contributed by atoms with E-state index in [4.69, 9.17) is 9.84 Å². The van der Waals surface area contributed by atoms with Crippen LogP contribution in [0.1, 0.15) is 15.9 Å². The first-order chi connectivity index (χ1) is 14.3. The molecule has 3 rings (SSSR count).